The van der Waals surface area contributed by atoms with Gasteiger partial charge in [-0.25, -0.2) is 10.1 Å². The molecule has 4 aromatic rings. The highest BCUT2D eigenvalue weighted by atomic mass is 32.2. The number of hydrogen-bond acceptors (Lipinski definition) is 11. The van der Waals surface area contributed by atoms with Crippen LogP contribution in [0.1, 0.15) is 40.7 Å². The predicted molar refractivity (Wildman–Crippen MR) is 120 cm³/mol. The maximum atomic E-state index is 13.0. The molecule has 4 rings (SSSR count). The summed E-state index contributed by atoms with van der Waals surface area (Å²) >= 11 is 1.34. The van der Waals surface area contributed by atoms with E-state index in [-0.39, 0.29) is 23.1 Å². The molecule has 14 heteroatoms. The van der Waals surface area contributed by atoms with E-state index in [0.29, 0.717) is 17.3 Å². The minimum Gasteiger partial charge on any atom is -0.378 e. The zero-order valence-electron chi connectivity index (χ0n) is 18.1. The normalized spacial score (nSPS) is 11.7. The van der Waals surface area contributed by atoms with Crippen LogP contribution in [0.5, 0.6) is 0 Å². The molecule has 170 valence electrons. The minimum absolute atomic E-state index is 0.0161. The first-order valence-corrected chi connectivity index (χ1v) is 10.9. The molecule has 3 aromatic heterocycles. The van der Waals surface area contributed by atoms with E-state index in [0.717, 1.165) is 16.8 Å². The molecule has 0 fully saturated rings. The van der Waals surface area contributed by atoms with Crippen molar-refractivity contribution in [2.45, 2.75) is 31.2 Å². The highest BCUT2D eigenvalue weighted by Gasteiger charge is 2.24. The molecule has 1 aromatic carbocycles. The molecular weight excluding hydrogens is 446 g/mol. The fourth-order valence-corrected chi connectivity index (χ4v) is 3.80. The Balaban J connectivity index is 1.62. The number of nitrogen functional groups attached to an aromatic ring is 1. The molecule has 33 heavy (non-hydrogen) atoms. The van der Waals surface area contributed by atoms with E-state index in [9.17, 15) is 4.79 Å². The Kier molecular flexibility index (Phi) is 6.44. The number of rotatable bonds is 8. The molecule has 0 saturated heterocycles. The van der Waals surface area contributed by atoms with Crippen molar-refractivity contribution in [3.05, 3.63) is 53.1 Å². The lowest BCUT2D eigenvalue weighted by Gasteiger charge is -2.07. The average Bonchev–Trinajstić information content (AvgIpc) is 3.53. The lowest BCUT2D eigenvalue weighted by atomic mass is 10.1. The van der Waals surface area contributed by atoms with Crippen molar-refractivity contribution in [1.82, 2.24) is 45.5 Å². The summed E-state index contributed by atoms with van der Waals surface area (Å²) in [5.74, 6) is -0.102. The molecule has 13 nitrogen and oxygen atoms in total. The van der Waals surface area contributed by atoms with Crippen LogP contribution in [0, 0.1) is 6.92 Å². The number of nitrogens with two attached hydrogens (primary N) is 1. The lowest BCUT2D eigenvalue weighted by molar-refractivity contribution is 0.0949. The smallest absolute Gasteiger partial charge is 0.293 e. The van der Waals surface area contributed by atoms with Crippen LogP contribution < -0.4 is 11.2 Å². The second-order valence-corrected chi connectivity index (χ2v) is 7.94. The quantitative estimate of drug-likeness (QED) is 0.220. The summed E-state index contributed by atoms with van der Waals surface area (Å²) in [5.41, 5.74) is 11.7. The molecule has 0 radical (unpaired) electrons. The molecule has 0 saturated carbocycles. The van der Waals surface area contributed by atoms with Gasteiger partial charge in [-0.15, -0.1) is 15.3 Å². The van der Waals surface area contributed by atoms with Crippen molar-refractivity contribution in [3.63, 3.8) is 0 Å². The van der Waals surface area contributed by atoms with E-state index in [1.807, 2.05) is 45.2 Å². The number of nitrogens with zero attached hydrogens (tertiary/aromatic N) is 9. The van der Waals surface area contributed by atoms with Crippen molar-refractivity contribution in [2.24, 2.45) is 12.1 Å². The van der Waals surface area contributed by atoms with Crippen molar-refractivity contribution in [1.29, 1.82) is 0 Å². The number of aryl methyl sites for hydroxylation is 2. The monoisotopic (exact) mass is 467 g/mol. The second kappa shape index (κ2) is 9.60. The number of amides is 1. The fourth-order valence-electron chi connectivity index (χ4n) is 2.92. The van der Waals surface area contributed by atoms with Crippen LogP contribution in [0.15, 0.2) is 45.5 Å². The maximum absolute atomic E-state index is 13.0. The average molecular weight is 468 g/mol. The number of nitrogens with one attached hydrogen (secondary N) is 1. The first-order valence-electron chi connectivity index (χ1n) is 9.91. The van der Waals surface area contributed by atoms with Gasteiger partial charge < -0.3 is 10.3 Å². The van der Waals surface area contributed by atoms with Gasteiger partial charge >= 0.3 is 0 Å². The molecular formula is C19H21N11O2S. The first-order chi connectivity index (χ1) is 16.0. The molecule has 0 bridgehead atoms. The maximum Gasteiger partial charge on any atom is 0.293 e. The molecule has 0 aliphatic carbocycles. The summed E-state index contributed by atoms with van der Waals surface area (Å²) in [6.45, 7) is 3.97. The van der Waals surface area contributed by atoms with Crippen molar-refractivity contribution in [3.8, 4) is 5.82 Å². The Morgan fingerprint density at radius 3 is 2.67 bits per heavy atom. The summed E-state index contributed by atoms with van der Waals surface area (Å²) < 4.78 is 7.74. The van der Waals surface area contributed by atoms with Crippen LogP contribution in [0.4, 0.5) is 5.82 Å². The number of hydrazone groups is 1. The summed E-state index contributed by atoms with van der Waals surface area (Å²) in [6.07, 6.45) is 2.21. The zero-order valence-corrected chi connectivity index (χ0v) is 18.9. The van der Waals surface area contributed by atoms with Crippen LogP contribution in [0.25, 0.3) is 5.82 Å². The van der Waals surface area contributed by atoms with E-state index in [4.69, 9.17) is 5.73 Å². The third kappa shape index (κ3) is 4.74. The Morgan fingerprint density at radius 1 is 1.24 bits per heavy atom. The molecule has 0 atom stereocenters. The minimum atomic E-state index is -0.525. The topological polar surface area (TPSA) is 168 Å². The van der Waals surface area contributed by atoms with Gasteiger partial charge in [0.25, 0.3) is 5.91 Å². The third-order valence-electron chi connectivity index (χ3n) is 4.69. The number of hydrogen-bond donors (Lipinski definition) is 2. The zero-order chi connectivity index (χ0) is 23.4. The van der Waals surface area contributed by atoms with Gasteiger partial charge in [0, 0.05) is 12.8 Å². The van der Waals surface area contributed by atoms with Crippen molar-refractivity contribution >= 4 is 29.2 Å². The molecule has 0 spiro atoms. The van der Waals surface area contributed by atoms with E-state index in [2.05, 4.69) is 46.0 Å². The largest absolute Gasteiger partial charge is 0.378 e. The number of anilines is 1. The number of aromatic nitrogens is 8. The number of thioether (sulfide) groups is 1. The molecule has 0 unspecified atom stereocenters. The Bertz CT molecular complexity index is 1290. The Hall–Kier alpha value is -4.07. The van der Waals surface area contributed by atoms with Crippen LogP contribution >= 0.6 is 11.8 Å². The van der Waals surface area contributed by atoms with Gasteiger partial charge in [0.1, 0.15) is 6.33 Å². The highest BCUT2D eigenvalue weighted by Crippen LogP contribution is 2.24. The van der Waals surface area contributed by atoms with Gasteiger partial charge in [-0.2, -0.15) is 9.78 Å². The Labute approximate surface area is 192 Å². The molecule has 3 heterocycles. The standard InChI is InChI=1S/C19H21N11O2S/c1-4-13(12-7-5-11(2)6-8-12)22-24-18(31)15-14(9-33-19-25-21-10-29(19)3)30(28-23-15)17-16(20)26-32-27-17/h5-8,10H,4,9H2,1-3H3,(H2,20,26)(H,24,31)/b22-13+. The summed E-state index contributed by atoms with van der Waals surface area (Å²) in [5, 5.41) is 28.3. The second-order valence-electron chi connectivity index (χ2n) is 7.00. The van der Waals surface area contributed by atoms with Gasteiger partial charge in [-0.05, 0) is 29.2 Å². The van der Waals surface area contributed by atoms with Crippen molar-refractivity contribution < 1.29 is 9.42 Å². The fraction of sp³-hybridized carbons (Fsp3) is 0.263. The van der Waals surface area contributed by atoms with E-state index in [1.54, 1.807) is 10.9 Å². The predicted octanol–water partition coefficient (Wildman–Crippen LogP) is 1.51. The van der Waals surface area contributed by atoms with Gasteiger partial charge in [0.2, 0.25) is 11.6 Å². The van der Waals surface area contributed by atoms with Crippen LogP contribution in [-0.4, -0.2) is 51.7 Å². The van der Waals surface area contributed by atoms with Gasteiger partial charge in [0.05, 0.1) is 11.4 Å². The lowest BCUT2D eigenvalue weighted by Crippen LogP contribution is -2.22. The van der Waals surface area contributed by atoms with E-state index < -0.39 is 5.91 Å². The van der Waals surface area contributed by atoms with Crippen LogP contribution in [0.2, 0.25) is 0 Å². The summed E-state index contributed by atoms with van der Waals surface area (Å²) in [7, 11) is 1.82. The highest BCUT2D eigenvalue weighted by molar-refractivity contribution is 7.98. The first kappa shape index (κ1) is 22.1. The number of carbonyl (C=O) groups is 1. The SMILES string of the molecule is CC/C(=N\NC(=O)c1nnn(-c2nonc2N)c1CSc1nncn1C)c1ccc(C)cc1. The summed E-state index contributed by atoms with van der Waals surface area (Å²) in [6, 6.07) is 7.91. The number of benzene rings is 1. The molecule has 0 aliphatic heterocycles. The van der Waals surface area contributed by atoms with Crippen LogP contribution in [0.3, 0.4) is 0 Å². The van der Waals surface area contributed by atoms with Gasteiger partial charge in [0.15, 0.2) is 10.9 Å². The van der Waals surface area contributed by atoms with Crippen molar-refractivity contribution in [2.75, 3.05) is 5.73 Å². The molecule has 3 N–H and O–H groups in total. The Morgan fingerprint density at radius 2 is 2.03 bits per heavy atom. The van der Waals surface area contributed by atoms with E-state index >= 15 is 0 Å². The third-order valence-corrected chi connectivity index (χ3v) is 5.74. The van der Waals surface area contributed by atoms with E-state index in [1.165, 1.54) is 16.4 Å². The van der Waals surface area contributed by atoms with Gasteiger partial charge in [-0.1, -0.05) is 53.7 Å². The molecule has 1 amide bonds. The summed E-state index contributed by atoms with van der Waals surface area (Å²) in [4.78, 5) is 13.0. The van der Waals surface area contributed by atoms with Gasteiger partial charge in [-0.3, -0.25) is 4.79 Å². The molecule has 0 aliphatic rings. The van der Waals surface area contributed by atoms with Crippen LogP contribution in [-0.2, 0) is 12.8 Å². The number of carbonyl (C=O) groups excluding carboxylic acids is 1.